The third-order valence-electron chi connectivity index (χ3n) is 25.5. The summed E-state index contributed by atoms with van der Waals surface area (Å²) >= 11 is 0. The molecular formula is C112H110N20O4. The number of fused-ring (bicyclic) bond motifs is 24. The summed E-state index contributed by atoms with van der Waals surface area (Å²) < 4.78 is 28.8. The van der Waals surface area contributed by atoms with Gasteiger partial charge in [0.2, 0.25) is 0 Å². The first kappa shape index (κ1) is 87.5. The first-order valence-electron chi connectivity index (χ1n) is 46.6. The molecule has 7 aromatic heterocycles. The minimum atomic E-state index is -0.235. The number of nitrogens with one attached hydrogen (secondary N) is 2. The van der Waals surface area contributed by atoms with Crippen LogP contribution in [0.1, 0.15) is 186 Å². The lowest BCUT2D eigenvalue weighted by Crippen LogP contribution is -2.25. The van der Waals surface area contributed by atoms with E-state index in [1.165, 1.54) is 0 Å². The summed E-state index contributed by atoms with van der Waals surface area (Å²) in [5.41, 5.74) is 16.7. The summed E-state index contributed by atoms with van der Waals surface area (Å²) in [6.45, 7) is 45.6. The fourth-order valence-electron chi connectivity index (χ4n) is 20.8. The van der Waals surface area contributed by atoms with Gasteiger partial charge >= 0.3 is 0 Å². The average molecular weight is 1800 g/mol. The van der Waals surface area contributed by atoms with Crippen LogP contribution < -0.4 is 18.9 Å². The summed E-state index contributed by atoms with van der Waals surface area (Å²) in [4.78, 5) is 47.8. The standard InChI is InChI=1S/C112H110N20O4/c1-105(2,3)61-109(13,14)65-37-49-93(89(53-65)129-121-81-29-21-22-30-82(81)122-129)133-69-41-45-73-77(57-69)101-113-97(73)118-102-79-59-71(135-95-51-39-67(111(17,18)63-107(7,8)9)55-91(95)131-125-85-33-25-26-34-86(85)126-131)43-47-75(79)99(115-102)120-104-80-60-72(136-96-52-40-68(112(19,20)64-108(10,11)12)56-92(96)132-127-87-35-27-28-36-88(87)128-132)44-48-76(80)100(116-104)119-103-78-58-70(42-46-74(78)98(114-103)117-101)134-94-50-38-66(110(15,16)62-106(4,5)6)54-90(94)130-123-83-31-23-24-32-84(83)124-130/h21-60H,61-64H2,1-20H3,(H2,113,114,115,116,117,118,119,120). The molecule has 19 aromatic rings. The van der Waals surface area contributed by atoms with E-state index in [-0.39, 0.29) is 43.3 Å². The number of H-pyrrole nitrogens is 2. The van der Waals surface area contributed by atoms with Crippen molar-refractivity contribution in [3.05, 3.63) is 265 Å². The molecule has 9 heterocycles. The SMILES string of the molecule is CC(C)(C)CC(C)(C)c1ccc(Oc2ccc3c(c2)-c2nc-3nc3[nH]c(nc4nc(nc5[nH]c(n2)c2ccc(Oc6ccc(C(C)(C)CC(C)(C)C)cc6-n6nc7ccccc7n6)cc52)-c2ccc(Oc5ccc(C(C)(C)CC(C)(C)C)cc5-n5nc6ccccc6n5)cc2-4)c2ccc(Oc4ccc(C(C)(C)CC(C)(C)C)cc4-n4nc5ccccc5n4)cc32)c(-n2nc3ccccc3n2)c1. The van der Waals surface area contributed by atoms with E-state index < -0.39 is 0 Å². The molecule has 2 aliphatic rings. The van der Waals surface area contributed by atoms with Gasteiger partial charge in [0.25, 0.3) is 0 Å². The van der Waals surface area contributed by atoms with Gasteiger partial charge in [-0.3, -0.25) is 0 Å². The van der Waals surface area contributed by atoms with Crippen LogP contribution in [0.5, 0.6) is 46.0 Å². The largest absolute Gasteiger partial charge is 0.455 e. The van der Waals surface area contributed by atoms with Crippen LogP contribution in [0.15, 0.2) is 243 Å². The summed E-state index contributed by atoms with van der Waals surface area (Å²) in [5, 5.41) is 43.1. The van der Waals surface area contributed by atoms with Gasteiger partial charge in [-0.25, -0.2) is 29.9 Å². The van der Waals surface area contributed by atoms with Gasteiger partial charge in [0.1, 0.15) is 112 Å². The molecular weight excluding hydrogens is 1690 g/mol. The minimum Gasteiger partial charge on any atom is -0.455 e. The predicted molar refractivity (Wildman–Crippen MR) is 540 cm³/mol. The molecule has 0 radical (unpaired) electrons. The van der Waals surface area contributed by atoms with Crippen LogP contribution >= 0.6 is 0 Å². The van der Waals surface area contributed by atoms with E-state index in [0.717, 1.165) is 92.1 Å². The second-order valence-electron chi connectivity index (χ2n) is 44.0. The van der Waals surface area contributed by atoms with Crippen molar-refractivity contribution in [3.8, 4) is 114 Å². The maximum absolute atomic E-state index is 7.21. The number of aromatic amines is 2. The zero-order valence-electron chi connectivity index (χ0n) is 80.6. The number of benzene rings is 12. The highest BCUT2D eigenvalue weighted by molar-refractivity contribution is 6.07. The summed E-state index contributed by atoms with van der Waals surface area (Å²) in [6.07, 6.45) is 3.67. The highest BCUT2D eigenvalue weighted by Crippen LogP contribution is 2.49. The molecule has 24 nitrogen and oxygen atoms in total. The zero-order chi connectivity index (χ0) is 94.7. The molecule has 0 spiro atoms. The quantitative estimate of drug-likeness (QED) is 0.0718. The van der Waals surface area contributed by atoms with Crippen molar-refractivity contribution < 1.29 is 18.9 Å². The first-order chi connectivity index (χ1) is 64.6. The smallest absolute Gasteiger partial charge is 0.164 e. The fraction of sp³-hybridized carbons (Fsp3) is 0.286. The fourth-order valence-corrected chi connectivity index (χ4v) is 20.8. The molecule has 0 saturated carbocycles. The Morgan fingerprint density at radius 1 is 0.221 bits per heavy atom. The van der Waals surface area contributed by atoms with Crippen LogP contribution in [-0.4, -0.2) is 99.8 Å². The number of hydrogen-bond donors (Lipinski definition) is 2. The Morgan fingerprint density at radius 3 is 0.684 bits per heavy atom. The molecule has 136 heavy (non-hydrogen) atoms. The second kappa shape index (κ2) is 32.3. The lowest BCUT2D eigenvalue weighted by molar-refractivity contribution is 0.283. The van der Waals surface area contributed by atoms with Crippen molar-refractivity contribution in [2.75, 3.05) is 0 Å². The Balaban J connectivity index is 0.776. The highest BCUT2D eigenvalue weighted by Gasteiger charge is 2.36. The van der Waals surface area contributed by atoms with Gasteiger partial charge in [-0.05, 0) is 261 Å². The van der Waals surface area contributed by atoms with E-state index in [2.05, 4.69) is 197 Å². The number of aromatic nitrogens is 20. The van der Waals surface area contributed by atoms with Crippen LogP contribution in [0.3, 0.4) is 0 Å². The maximum atomic E-state index is 7.21. The first-order valence-corrected chi connectivity index (χ1v) is 46.6. The van der Waals surface area contributed by atoms with Gasteiger partial charge in [-0.1, -0.05) is 211 Å². The lowest BCUT2D eigenvalue weighted by Gasteiger charge is -2.33. The van der Waals surface area contributed by atoms with Gasteiger partial charge in [0, 0.05) is 43.8 Å². The van der Waals surface area contributed by atoms with E-state index >= 15 is 0 Å². The third kappa shape index (κ3) is 17.3. The highest BCUT2D eigenvalue weighted by atomic mass is 16.5. The van der Waals surface area contributed by atoms with Crippen molar-refractivity contribution >= 4 is 88.3 Å². The van der Waals surface area contributed by atoms with Crippen molar-refractivity contribution in [3.63, 3.8) is 0 Å². The Hall–Kier alpha value is -15.2. The van der Waals surface area contributed by atoms with E-state index in [1.54, 1.807) is 19.2 Å². The topological polar surface area (TPSA) is 269 Å². The summed E-state index contributed by atoms with van der Waals surface area (Å²) in [7, 11) is 0. The monoisotopic (exact) mass is 1800 g/mol. The molecule has 0 aliphatic carbocycles. The van der Waals surface area contributed by atoms with Crippen molar-refractivity contribution in [1.29, 1.82) is 0 Å². The van der Waals surface area contributed by atoms with E-state index in [9.17, 15) is 0 Å². The normalized spacial score (nSPS) is 13.0. The van der Waals surface area contributed by atoms with E-state index in [4.69, 9.17) is 89.6 Å². The van der Waals surface area contributed by atoms with Crippen molar-refractivity contribution in [1.82, 2.24) is 99.8 Å². The molecule has 21 rings (SSSR count). The Kier molecular flexibility index (Phi) is 20.8. The maximum Gasteiger partial charge on any atom is 0.164 e. The Morgan fingerprint density at radius 2 is 0.441 bits per heavy atom. The van der Waals surface area contributed by atoms with Crippen molar-refractivity contribution in [2.45, 2.75) is 186 Å². The Labute approximate surface area is 789 Å². The summed E-state index contributed by atoms with van der Waals surface area (Å²) in [6, 6.07) is 80.5. The van der Waals surface area contributed by atoms with Crippen LogP contribution in [-0.2, 0) is 21.7 Å². The van der Waals surface area contributed by atoms with E-state index in [0.29, 0.717) is 158 Å². The molecule has 0 unspecified atom stereocenters. The van der Waals surface area contributed by atoms with Crippen LogP contribution in [0.2, 0.25) is 0 Å². The molecule has 2 aliphatic heterocycles. The number of rotatable bonds is 20. The molecule has 2 N–H and O–H groups in total. The van der Waals surface area contributed by atoms with Gasteiger partial charge in [-0.15, -0.1) is 60.0 Å². The third-order valence-corrected chi connectivity index (χ3v) is 25.5. The van der Waals surface area contributed by atoms with Gasteiger partial charge in [-0.2, -0.15) is 0 Å². The molecule has 0 atom stereocenters. The van der Waals surface area contributed by atoms with Crippen molar-refractivity contribution in [2.24, 2.45) is 21.7 Å². The molecule has 682 valence electrons. The second-order valence-corrected chi connectivity index (χ2v) is 44.0. The molecule has 0 amide bonds. The molecule has 0 saturated heterocycles. The van der Waals surface area contributed by atoms with Gasteiger partial charge < -0.3 is 28.9 Å². The molecule has 8 bridgehead atoms. The number of nitrogens with zero attached hydrogens (tertiary/aromatic N) is 18. The lowest BCUT2D eigenvalue weighted by atomic mass is 9.72. The number of ether oxygens (including phenoxy) is 4. The Bertz CT molecular complexity index is 7600. The van der Waals surface area contributed by atoms with E-state index in [1.807, 2.05) is 194 Å². The molecule has 12 aromatic carbocycles. The number of hydrogen-bond acceptors (Lipinski definition) is 18. The van der Waals surface area contributed by atoms with Crippen LogP contribution in [0, 0.1) is 21.7 Å². The predicted octanol–water partition coefficient (Wildman–Crippen LogP) is 27.8. The van der Waals surface area contributed by atoms with Gasteiger partial charge in [0.05, 0.1) is 0 Å². The molecule has 24 heteroatoms. The van der Waals surface area contributed by atoms with Crippen LogP contribution in [0.25, 0.3) is 157 Å². The average Bonchev–Trinajstić information content (AvgIpc) is 1.60. The molecule has 0 fully saturated rings. The summed E-state index contributed by atoms with van der Waals surface area (Å²) in [5.74, 6) is 5.51. The van der Waals surface area contributed by atoms with Crippen LogP contribution in [0.4, 0.5) is 0 Å². The van der Waals surface area contributed by atoms with Gasteiger partial charge in [0.15, 0.2) is 46.3 Å². The zero-order valence-corrected chi connectivity index (χ0v) is 80.6. The minimum absolute atomic E-state index is 0.0327.